The summed E-state index contributed by atoms with van der Waals surface area (Å²) < 4.78 is 6.41. The maximum absolute atomic E-state index is 10.7. The fraction of sp³-hybridized carbons (Fsp3) is 0.552. The number of nitrogens with one attached hydrogen (secondary N) is 1. The molecule has 4 rings (SSSR count). The van der Waals surface area contributed by atoms with Crippen LogP contribution in [-0.2, 0) is 13.0 Å². The van der Waals surface area contributed by atoms with Gasteiger partial charge in [0.1, 0.15) is 11.9 Å². The van der Waals surface area contributed by atoms with Crippen molar-refractivity contribution in [3.63, 3.8) is 0 Å². The van der Waals surface area contributed by atoms with Gasteiger partial charge < -0.3 is 20.3 Å². The molecule has 1 aliphatic heterocycles. The number of hydrogen-bond acceptors (Lipinski definition) is 5. The van der Waals surface area contributed by atoms with Crippen LogP contribution < -0.4 is 10.1 Å². The summed E-state index contributed by atoms with van der Waals surface area (Å²) in [7, 11) is 0. The first kappa shape index (κ1) is 24.9. The molecule has 1 saturated carbocycles. The van der Waals surface area contributed by atoms with Gasteiger partial charge in [-0.2, -0.15) is 0 Å². The number of aryl methyl sites for hydroxylation is 1. The molecule has 3 N–H and O–H groups in total. The maximum atomic E-state index is 10.7. The molecule has 2 aliphatic rings. The normalized spacial score (nSPS) is 24.2. The van der Waals surface area contributed by atoms with E-state index in [9.17, 15) is 10.2 Å². The Morgan fingerprint density at radius 3 is 2.82 bits per heavy atom. The Morgan fingerprint density at radius 2 is 2.00 bits per heavy atom. The molecule has 5 nitrogen and oxygen atoms in total. The molecule has 1 fully saturated rings. The quantitative estimate of drug-likeness (QED) is 0.290. The number of fused-ring (bicyclic) bond motifs is 3. The number of unbranched alkanes of at least 4 members (excludes halogenated alkanes) is 3. The Balaban J connectivity index is 1.30. The van der Waals surface area contributed by atoms with Crippen molar-refractivity contribution in [1.29, 1.82) is 0 Å². The van der Waals surface area contributed by atoms with E-state index in [1.165, 1.54) is 16.7 Å². The fourth-order valence-electron chi connectivity index (χ4n) is 5.42. The van der Waals surface area contributed by atoms with E-state index < -0.39 is 12.2 Å². The number of nitrogens with zero attached hydrogens (tertiary/aromatic N) is 1. The maximum Gasteiger partial charge on any atom is 0.126 e. The number of ether oxygens (including phenoxy) is 1. The minimum atomic E-state index is -0.432. The average Bonchev–Trinajstić information content (AvgIpc) is 3.35. The van der Waals surface area contributed by atoms with E-state index >= 15 is 0 Å². The van der Waals surface area contributed by atoms with Gasteiger partial charge in [0.25, 0.3) is 0 Å². The number of rotatable bonds is 13. The molecule has 0 saturated heterocycles. The van der Waals surface area contributed by atoms with E-state index in [-0.39, 0.29) is 17.9 Å². The molecule has 5 heteroatoms. The zero-order chi connectivity index (χ0) is 23.8. The first-order valence-corrected chi connectivity index (χ1v) is 13.1. The van der Waals surface area contributed by atoms with Gasteiger partial charge in [-0.3, -0.25) is 4.98 Å². The standard InChI is InChI=1S/C29H40N2O3/c1-2-3-4-10-23(32)12-13-24-26(33)19-27-28(24)25-11-7-9-22(29(25)34-27)8-5-6-16-31-20-21-14-17-30-18-15-21/h7,9,11-15,17-18,23-24,26-28,31-33H,2-6,8,10,16,19-20H2,1H3/t23-,24-,26+,27-,28-/m0/s1. The number of aliphatic hydroxyl groups is 2. The van der Waals surface area contributed by atoms with Gasteiger partial charge in [0, 0.05) is 42.8 Å². The summed E-state index contributed by atoms with van der Waals surface area (Å²) in [4.78, 5) is 4.06. The van der Waals surface area contributed by atoms with Gasteiger partial charge in [-0.15, -0.1) is 0 Å². The Morgan fingerprint density at radius 1 is 1.15 bits per heavy atom. The van der Waals surface area contributed by atoms with E-state index in [2.05, 4.69) is 35.4 Å². The van der Waals surface area contributed by atoms with Gasteiger partial charge >= 0.3 is 0 Å². The lowest BCUT2D eigenvalue weighted by molar-refractivity contribution is 0.135. The molecule has 5 atom stereocenters. The Bertz CT molecular complexity index is 917. The zero-order valence-electron chi connectivity index (χ0n) is 20.4. The molecule has 2 aromatic rings. The van der Waals surface area contributed by atoms with E-state index in [0.29, 0.717) is 6.42 Å². The van der Waals surface area contributed by atoms with Gasteiger partial charge in [-0.05, 0) is 55.5 Å². The highest BCUT2D eigenvalue weighted by atomic mass is 16.5. The highest BCUT2D eigenvalue weighted by Crippen LogP contribution is 2.52. The largest absolute Gasteiger partial charge is 0.489 e. The molecule has 2 heterocycles. The number of para-hydroxylation sites is 1. The second-order valence-electron chi connectivity index (χ2n) is 9.84. The average molecular weight is 465 g/mol. The Kier molecular flexibility index (Phi) is 9.14. The molecule has 1 aromatic carbocycles. The summed E-state index contributed by atoms with van der Waals surface area (Å²) in [5.74, 6) is 1.21. The monoisotopic (exact) mass is 464 g/mol. The first-order valence-electron chi connectivity index (χ1n) is 13.1. The summed E-state index contributed by atoms with van der Waals surface area (Å²) in [5, 5.41) is 24.5. The summed E-state index contributed by atoms with van der Waals surface area (Å²) >= 11 is 0. The molecule has 0 radical (unpaired) electrons. The minimum Gasteiger partial charge on any atom is -0.489 e. The van der Waals surface area contributed by atoms with Crippen LogP contribution in [0.2, 0.25) is 0 Å². The highest BCUT2D eigenvalue weighted by Gasteiger charge is 2.48. The third kappa shape index (κ3) is 6.26. The molecule has 1 aromatic heterocycles. The van der Waals surface area contributed by atoms with Crippen molar-refractivity contribution in [3.05, 3.63) is 71.6 Å². The molecule has 0 amide bonds. The fourth-order valence-corrected chi connectivity index (χ4v) is 5.42. The molecule has 0 bridgehead atoms. The van der Waals surface area contributed by atoms with Crippen LogP contribution >= 0.6 is 0 Å². The van der Waals surface area contributed by atoms with Gasteiger partial charge in [0.2, 0.25) is 0 Å². The van der Waals surface area contributed by atoms with Crippen LogP contribution in [0.5, 0.6) is 5.75 Å². The molecule has 0 unspecified atom stereocenters. The SMILES string of the molecule is CCCCC[C@H](O)C=C[C@@H]1[C@H]2c3cccc(CCCCNCc4ccncc4)c3O[C@H]2C[C@H]1O. The summed E-state index contributed by atoms with van der Waals surface area (Å²) in [5.41, 5.74) is 3.76. The molecule has 184 valence electrons. The van der Waals surface area contributed by atoms with Gasteiger partial charge in [-0.25, -0.2) is 0 Å². The van der Waals surface area contributed by atoms with E-state index in [1.54, 1.807) is 0 Å². The highest BCUT2D eigenvalue weighted by molar-refractivity contribution is 5.49. The second-order valence-corrected chi connectivity index (χ2v) is 9.84. The third-order valence-electron chi connectivity index (χ3n) is 7.28. The lowest BCUT2D eigenvalue weighted by Crippen LogP contribution is -2.17. The molecule has 1 aliphatic carbocycles. The van der Waals surface area contributed by atoms with Gasteiger partial charge in [0.05, 0.1) is 12.2 Å². The first-order chi connectivity index (χ1) is 16.7. The predicted molar refractivity (Wildman–Crippen MR) is 136 cm³/mol. The van der Waals surface area contributed by atoms with E-state index in [1.807, 2.05) is 36.7 Å². The number of aromatic nitrogens is 1. The summed E-state index contributed by atoms with van der Waals surface area (Å²) in [6.07, 6.45) is 14.8. The van der Waals surface area contributed by atoms with Crippen molar-refractivity contribution in [1.82, 2.24) is 10.3 Å². The van der Waals surface area contributed by atoms with Crippen LogP contribution in [0.4, 0.5) is 0 Å². The van der Waals surface area contributed by atoms with Crippen LogP contribution in [-0.4, -0.2) is 40.1 Å². The number of hydrogen-bond donors (Lipinski definition) is 3. The van der Waals surface area contributed by atoms with Crippen LogP contribution in [0, 0.1) is 5.92 Å². The number of pyridine rings is 1. The minimum absolute atomic E-state index is 0.000267. The Labute approximate surface area is 204 Å². The molecular formula is C29H40N2O3. The van der Waals surface area contributed by atoms with Gasteiger partial charge in [-0.1, -0.05) is 56.5 Å². The second kappa shape index (κ2) is 12.5. The van der Waals surface area contributed by atoms with E-state index in [4.69, 9.17) is 4.74 Å². The van der Waals surface area contributed by atoms with Crippen molar-refractivity contribution >= 4 is 0 Å². The smallest absolute Gasteiger partial charge is 0.126 e. The van der Waals surface area contributed by atoms with Crippen LogP contribution in [0.3, 0.4) is 0 Å². The van der Waals surface area contributed by atoms with Crippen LogP contribution in [0.1, 0.15) is 74.5 Å². The van der Waals surface area contributed by atoms with Crippen molar-refractivity contribution < 1.29 is 14.9 Å². The number of benzene rings is 1. The molecular weight excluding hydrogens is 424 g/mol. The summed E-state index contributed by atoms with van der Waals surface area (Å²) in [6.45, 7) is 4.04. The van der Waals surface area contributed by atoms with Crippen molar-refractivity contribution in [2.24, 2.45) is 5.92 Å². The summed E-state index contributed by atoms with van der Waals surface area (Å²) in [6, 6.07) is 10.6. The van der Waals surface area contributed by atoms with Crippen molar-refractivity contribution in [2.45, 2.75) is 89.1 Å². The lowest BCUT2D eigenvalue weighted by atomic mass is 9.86. The van der Waals surface area contributed by atoms with Crippen molar-refractivity contribution in [2.75, 3.05) is 6.54 Å². The molecule has 34 heavy (non-hydrogen) atoms. The topological polar surface area (TPSA) is 74.6 Å². The Hall–Kier alpha value is -2.21. The van der Waals surface area contributed by atoms with Crippen LogP contribution in [0.25, 0.3) is 0 Å². The zero-order valence-corrected chi connectivity index (χ0v) is 20.4. The van der Waals surface area contributed by atoms with Gasteiger partial charge in [0.15, 0.2) is 0 Å². The predicted octanol–water partition coefficient (Wildman–Crippen LogP) is 4.92. The van der Waals surface area contributed by atoms with Crippen molar-refractivity contribution in [3.8, 4) is 5.75 Å². The molecule has 0 spiro atoms. The lowest BCUT2D eigenvalue weighted by Gasteiger charge is -2.18. The number of aliphatic hydroxyl groups excluding tert-OH is 2. The van der Waals surface area contributed by atoms with E-state index in [0.717, 1.165) is 63.8 Å². The third-order valence-corrected chi connectivity index (χ3v) is 7.28. The van der Waals surface area contributed by atoms with Crippen LogP contribution in [0.15, 0.2) is 54.9 Å².